The lowest BCUT2D eigenvalue weighted by atomic mass is 10.1. The highest BCUT2D eigenvalue weighted by Gasteiger charge is 2.24. The molecule has 0 saturated carbocycles. The number of methoxy groups -OCH3 is 1. The number of allylic oxidation sites excluding steroid dienone is 1. The maximum atomic E-state index is 12.5. The molecule has 0 spiro atoms. The van der Waals surface area contributed by atoms with Gasteiger partial charge in [-0.1, -0.05) is 6.58 Å². The summed E-state index contributed by atoms with van der Waals surface area (Å²) in [6.45, 7) is 8.18. The molecule has 5 nitrogen and oxygen atoms in total. The van der Waals surface area contributed by atoms with Crippen LogP contribution in [0.1, 0.15) is 33.6 Å². The van der Waals surface area contributed by atoms with E-state index < -0.39 is 29.5 Å². The summed E-state index contributed by atoms with van der Waals surface area (Å²) in [6.07, 6.45) is -0.709. The van der Waals surface area contributed by atoms with Gasteiger partial charge in [0.2, 0.25) is 0 Å². The molecule has 0 bridgehead atoms. The second-order valence-electron chi connectivity index (χ2n) is 4.78. The van der Waals surface area contributed by atoms with E-state index in [9.17, 15) is 14.0 Å². The smallest absolute Gasteiger partial charge is 0.408 e. The van der Waals surface area contributed by atoms with Crippen molar-refractivity contribution in [3.63, 3.8) is 0 Å². The van der Waals surface area contributed by atoms with Gasteiger partial charge in [0, 0.05) is 6.42 Å². The van der Waals surface area contributed by atoms with E-state index in [0.717, 1.165) is 0 Å². The van der Waals surface area contributed by atoms with Crippen LogP contribution in [0.4, 0.5) is 9.18 Å². The summed E-state index contributed by atoms with van der Waals surface area (Å²) in [5.74, 6) is -1.21. The Morgan fingerprint density at radius 1 is 1.39 bits per heavy atom. The Bertz CT molecular complexity index is 323. The third-order valence-electron chi connectivity index (χ3n) is 1.88. The molecular weight excluding hydrogens is 241 g/mol. The van der Waals surface area contributed by atoms with Gasteiger partial charge in [-0.15, -0.1) is 0 Å². The van der Waals surface area contributed by atoms with E-state index in [1.807, 2.05) is 0 Å². The van der Waals surface area contributed by atoms with Crippen LogP contribution in [0.25, 0.3) is 0 Å². The lowest BCUT2D eigenvalue weighted by Gasteiger charge is -2.22. The number of rotatable bonds is 5. The van der Waals surface area contributed by atoms with Gasteiger partial charge in [0.25, 0.3) is 0 Å². The molecule has 18 heavy (non-hydrogen) atoms. The van der Waals surface area contributed by atoms with Gasteiger partial charge in [-0.3, -0.25) is 0 Å². The largest absolute Gasteiger partial charge is 0.467 e. The minimum Gasteiger partial charge on any atom is -0.467 e. The highest BCUT2D eigenvalue weighted by Crippen LogP contribution is 2.10. The Kier molecular flexibility index (Phi) is 6.36. The molecule has 0 aliphatic heterocycles. The Labute approximate surface area is 106 Å². The predicted octanol–water partition coefficient (Wildman–Crippen LogP) is 2.32. The molecule has 0 rings (SSSR count). The van der Waals surface area contributed by atoms with E-state index in [0.29, 0.717) is 0 Å². The van der Waals surface area contributed by atoms with Crippen LogP contribution < -0.4 is 5.32 Å². The number of halogens is 1. The van der Waals surface area contributed by atoms with Crippen LogP contribution in [0.3, 0.4) is 0 Å². The summed E-state index contributed by atoms with van der Waals surface area (Å²) in [7, 11) is 1.19. The van der Waals surface area contributed by atoms with Gasteiger partial charge >= 0.3 is 12.1 Å². The first-order chi connectivity index (χ1) is 8.15. The van der Waals surface area contributed by atoms with E-state index in [-0.39, 0.29) is 12.8 Å². The number of ether oxygens (including phenoxy) is 2. The lowest BCUT2D eigenvalue weighted by molar-refractivity contribution is -0.143. The van der Waals surface area contributed by atoms with Crippen molar-refractivity contribution in [3.05, 3.63) is 12.4 Å². The quantitative estimate of drug-likeness (QED) is 0.771. The predicted molar refractivity (Wildman–Crippen MR) is 64.7 cm³/mol. The van der Waals surface area contributed by atoms with E-state index in [4.69, 9.17) is 4.74 Å². The normalized spacial score (nSPS) is 12.5. The zero-order valence-electron chi connectivity index (χ0n) is 11.2. The highest BCUT2D eigenvalue weighted by atomic mass is 19.1. The minimum absolute atomic E-state index is 0.0322. The number of carbonyl (C=O) groups excluding carboxylic acids is 2. The van der Waals surface area contributed by atoms with Crippen molar-refractivity contribution in [2.75, 3.05) is 7.11 Å². The number of hydrogen-bond acceptors (Lipinski definition) is 4. The molecule has 0 fully saturated rings. The van der Waals surface area contributed by atoms with Gasteiger partial charge in [-0.2, -0.15) is 0 Å². The van der Waals surface area contributed by atoms with E-state index in [2.05, 4.69) is 16.6 Å². The molecule has 1 atom stereocenters. The first-order valence-corrected chi connectivity index (χ1v) is 5.56. The third kappa shape index (κ3) is 7.65. The second-order valence-corrected chi connectivity index (χ2v) is 4.78. The van der Waals surface area contributed by atoms with Crippen LogP contribution in [-0.2, 0) is 14.3 Å². The number of alkyl carbamates (subject to hydrolysis) is 1. The van der Waals surface area contributed by atoms with Gasteiger partial charge in [-0.05, 0) is 27.2 Å². The summed E-state index contributed by atoms with van der Waals surface area (Å²) in [5.41, 5.74) is -0.672. The minimum atomic E-state index is -0.947. The van der Waals surface area contributed by atoms with Gasteiger partial charge in [0.1, 0.15) is 11.6 Å². The summed E-state index contributed by atoms with van der Waals surface area (Å²) in [6, 6.07) is -0.947. The van der Waals surface area contributed by atoms with Gasteiger partial charge in [-0.25, -0.2) is 14.0 Å². The standard InChI is InChI=1S/C12H20FNO4/c1-8(13)6-7-9(10(15)17-5)14-11(16)18-12(2,3)4/h9H,1,6-7H2,2-5H3,(H,14,16)/t9-/m0/s1. The number of hydrogen-bond donors (Lipinski definition) is 1. The fourth-order valence-corrected chi connectivity index (χ4v) is 1.14. The average Bonchev–Trinajstić information content (AvgIpc) is 2.20. The summed E-state index contributed by atoms with van der Waals surface area (Å²) < 4.78 is 22.1. The van der Waals surface area contributed by atoms with Gasteiger partial charge in [0.05, 0.1) is 12.9 Å². The second kappa shape index (κ2) is 6.98. The van der Waals surface area contributed by atoms with E-state index in [1.54, 1.807) is 20.8 Å². The SMILES string of the molecule is C=C(F)CC[C@H](NC(=O)OC(C)(C)C)C(=O)OC. The number of esters is 1. The fraction of sp³-hybridized carbons (Fsp3) is 0.667. The molecule has 0 saturated heterocycles. The Hall–Kier alpha value is -1.59. The van der Waals surface area contributed by atoms with Gasteiger partial charge < -0.3 is 14.8 Å². The number of amides is 1. The molecular formula is C12H20FNO4. The molecule has 0 heterocycles. The molecule has 0 radical (unpaired) electrons. The van der Waals surface area contributed by atoms with Crippen LogP contribution >= 0.6 is 0 Å². The molecule has 0 aliphatic rings. The topological polar surface area (TPSA) is 64.6 Å². The van der Waals surface area contributed by atoms with Crippen molar-refractivity contribution in [2.24, 2.45) is 0 Å². The van der Waals surface area contributed by atoms with Crippen molar-refractivity contribution in [1.29, 1.82) is 0 Å². The molecule has 1 amide bonds. The Balaban J connectivity index is 4.45. The first kappa shape index (κ1) is 16.4. The molecule has 104 valence electrons. The lowest BCUT2D eigenvalue weighted by Crippen LogP contribution is -2.44. The zero-order chi connectivity index (χ0) is 14.3. The van der Waals surface area contributed by atoms with Crippen molar-refractivity contribution in [3.8, 4) is 0 Å². The van der Waals surface area contributed by atoms with E-state index >= 15 is 0 Å². The van der Waals surface area contributed by atoms with Crippen molar-refractivity contribution in [2.45, 2.75) is 45.3 Å². The fourth-order valence-electron chi connectivity index (χ4n) is 1.14. The highest BCUT2D eigenvalue weighted by molar-refractivity contribution is 5.81. The third-order valence-corrected chi connectivity index (χ3v) is 1.88. The molecule has 0 unspecified atom stereocenters. The van der Waals surface area contributed by atoms with Crippen LogP contribution in [-0.4, -0.2) is 30.8 Å². The van der Waals surface area contributed by atoms with Crippen LogP contribution in [0.5, 0.6) is 0 Å². The maximum absolute atomic E-state index is 12.5. The summed E-state index contributed by atoms with van der Waals surface area (Å²) >= 11 is 0. The van der Waals surface area contributed by atoms with Crippen molar-refractivity contribution in [1.82, 2.24) is 5.32 Å². The molecule has 0 aromatic carbocycles. The number of carbonyl (C=O) groups is 2. The Morgan fingerprint density at radius 3 is 2.33 bits per heavy atom. The van der Waals surface area contributed by atoms with Gasteiger partial charge in [0.15, 0.2) is 0 Å². The molecule has 0 aliphatic carbocycles. The van der Waals surface area contributed by atoms with E-state index in [1.165, 1.54) is 7.11 Å². The first-order valence-electron chi connectivity index (χ1n) is 5.56. The molecule has 0 aromatic heterocycles. The molecule has 0 aromatic rings. The zero-order valence-corrected chi connectivity index (χ0v) is 11.2. The van der Waals surface area contributed by atoms with Crippen molar-refractivity contribution >= 4 is 12.1 Å². The van der Waals surface area contributed by atoms with Crippen molar-refractivity contribution < 1.29 is 23.5 Å². The maximum Gasteiger partial charge on any atom is 0.408 e. The van der Waals surface area contributed by atoms with Crippen LogP contribution in [0.2, 0.25) is 0 Å². The van der Waals surface area contributed by atoms with Crippen LogP contribution in [0.15, 0.2) is 12.4 Å². The number of nitrogens with one attached hydrogen (secondary N) is 1. The Morgan fingerprint density at radius 2 is 1.94 bits per heavy atom. The summed E-state index contributed by atoms with van der Waals surface area (Å²) in [5, 5.41) is 2.34. The summed E-state index contributed by atoms with van der Waals surface area (Å²) in [4.78, 5) is 22.9. The monoisotopic (exact) mass is 261 g/mol. The van der Waals surface area contributed by atoms with Crippen LogP contribution in [0, 0.1) is 0 Å². The average molecular weight is 261 g/mol. The molecule has 1 N–H and O–H groups in total. The molecule has 6 heteroatoms.